The molecule has 4 nitrogen and oxygen atoms in total. The number of carbonyl (C=O) groups excluding carboxylic acids is 1. The molecular formula is C15H18ClN3OS. The van der Waals surface area contributed by atoms with Crippen LogP contribution in [0.3, 0.4) is 0 Å². The summed E-state index contributed by atoms with van der Waals surface area (Å²) < 4.78 is 0. The molecule has 1 amide bonds. The van der Waals surface area contributed by atoms with Crippen molar-refractivity contribution in [3.8, 4) is 0 Å². The van der Waals surface area contributed by atoms with Crippen molar-refractivity contribution in [2.45, 2.75) is 13.0 Å². The first kappa shape index (κ1) is 15.8. The summed E-state index contributed by atoms with van der Waals surface area (Å²) >= 11 is 7.61. The lowest BCUT2D eigenvalue weighted by molar-refractivity contribution is -0.116. The van der Waals surface area contributed by atoms with Crippen LogP contribution < -0.4 is 11.1 Å². The minimum atomic E-state index is -0.0676. The largest absolute Gasteiger partial charge is 0.397 e. The molecule has 2 aromatic rings. The van der Waals surface area contributed by atoms with Crippen LogP contribution in [-0.2, 0) is 11.3 Å². The first-order valence-electron chi connectivity index (χ1n) is 6.60. The van der Waals surface area contributed by atoms with E-state index in [4.69, 9.17) is 17.3 Å². The zero-order chi connectivity index (χ0) is 15.2. The van der Waals surface area contributed by atoms with Gasteiger partial charge in [-0.15, -0.1) is 11.3 Å². The van der Waals surface area contributed by atoms with Gasteiger partial charge in [0.05, 0.1) is 11.4 Å². The second-order valence-corrected chi connectivity index (χ2v) is 6.32. The van der Waals surface area contributed by atoms with E-state index in [2.05, 4.69) is 21.7 Å². The number of thiophene rings is 1. The van der Waals surface area contributed by atoms with Crippen molar-refractivity contribution in [1.82, 2.24) is 4.90 Å². The summed E-state index contributed by atoms with van der Waals surface area (Å²) in [5.74, 6) is -0.0676. The Morgan fingerprint density at radius 1 is 1.43 bits per heavy atom. The zero-order valence-electron chi connectivity index (χ0n) is 11.8. The van der Waals surface area contributed by atoms with Gasteiger partial charge in [0.25, 0.3) is 0 Å². The molecule has 2 rings (SSSR count). The molecule has 0 radical (unpaired) electrons. The number of carbonyl (C=O) groups is 1. The van der Waals surface area contributed by atoms with E-state index in [-0.39, 0.29) is 5.91 Å². The molecule has 0 unspecified atom stereocenters. The molecule has 0 aliphatic heterocycles. The maximum Gasteiger partial charge on any atom is 0.225 e. The van der Waals surface area contributed by atoms with Gasteiger partial charge < -0.3 is 16.0 Å². The fourth-order valence-electron chi connectivity index (χ4n) is 1.89. The molecular weight excluding hydrogens is 306 g/mol. The number of benzene rings is 1. The fourth-order valence-corrected chi connectivity index (χ4v) is 2.85. The van der Waals surface area contributed by atoms with Gasteiger partial charge in [-0.1, -0.05) is 17.7 Å². The zero-order valence-corrected chi connectivity index (χ0v) is 13.4. The van der Waals surface area contributed by atoms with Gasteiger partial charge in [-0.05, 0) is 36.7 Å². The third-order valence-electron chi connectivity index (χ3n) is 3.02. The van der Waals surface area contributed by atoms with Crippen LogP contribution in [-0.4, -0.2) is 24.4 Å². The molecule has 3 N–H and O–H groups in total. The van der Waals surface area contributed by atoms with Gasteiger partial charge in [0, 0.05) is 29.4 Å². The van der Waals surface area contributed by atoms with Crippen LogP contribution in [0.25, 0.3) is 0 Å². The number of nitrogens with zero attached hydrogens (tertiary/aromatic N) is 1. The van der Waals surface area contributed by atoms with Gasteiger partial charge in [0.15, 0.2) is 0 Å². The van der Waals surface area contributed by atoms with E-state index >= 15 is 0 Å². The topological polar surface area (TPSA) is 58.4 Å². The molecule has 0 saturated heterocycles. The minimum absolute atomic E-state index is 0.0676. The lowest BCUT2D eigenvalue weighted by Gasteiger charge is -2.15. The monoisotopic (exact) mass is 323 g/mol. The van der Waals surface area contributed by atoms with E-state index in [1.165, 1.54) is 4.88 Å². The molecule has 21 heavy (non-hydrogen) atoms. The Morgan fingerprint density at radius 2 is 2.24 bits per heavy atom. The van der Waals surface area contributed by atoms with Crippen molar-refractivity contribution < 1.29 is 4.79 Å². The molecule has 1 aromatic carbocycles. The number of anilines is 2. The maximum absolute atomic E-state index is 11.9. The second-order valence-electron chi connectivity index (χ2n) is 4.85. The Morgan fingerprint density at radius 3 is 2.95 bits per heavy atom. The molecule has 0 aliphatic carbocycles. The summed E-state index contributed by atoms with van der Waals surface area (Å²) in [5.41, 5.74) is 6.88. The Labute approximate surface area is 133 Å². The van der Waals surface area contributed by atoms with Crippen molar-refractivity contribution >= 4 is 40.2 Å². The quantitative estimate of drug-likeness (QED) is 0.801. The number of nitrogen functional groups attached to an aromatic ring is 1. The van der Waals surface area contributed by atoms with E-state index in [0.717, 1.165) is 6.54 Å². The highest BCUT2D eigenvalue weighted by atomic mass is 35.5. The maximum atomic E-state index is 11.9. The van der Waals surface area contributed by atoms with Crippen LogP contribution in [0.1, 0.15) is 11.3 Å². The van der Waals surface area contributed by atoms with Crippen LogP contribution in [0.4, 0.5) is 11.4 Å². The van der Waals surface area contributed by atoms with E-state index in [1.807, 2.05) is 13.1 Å². The second kappa shape index (κ2) is 7.45. The van der Waals surface area contributed by atoms with Crippen molar-refractivity contribution in [2.75, 3.05) is 24.6 Å². The molecule has 112 valence electrons. The summed E-state index contributed by atoms with van der Waals surface area (Å²) in [6.07, 6.45) is 0.411. The normalized spacial score (nSPS) is 10.8. The molecule has 1 heterocycles. The third-order valence-corrected chi connectivity index (χ3v) is 4.11. The number of hydrogen-bond donors (Lipinski definition) is 2. The van der Waals surface area contributed by atoms with Crippen LogP contribution >= 0.6 is 22.9 Å². The Kier molecular flexibility index (Phi) is 5.61. The van der Waals surface area contributed by atoms with E-state index in [9.17, 15) is 4.79 Å². The third kappa shape index (κ3) is 5.04. The highest BCUT2D eigenvalue weighted by molar-refractivity contribution is 7.09. The van der Waals surface area contributed by atoms with Crippen LogP contribution in [0.15, 0.2) is 35.7 Å². The number of nitrogens with one attached hydrogen (secondary N) is 1. The fraction of sp³-hybridized carbons (Fsp3) is 0.267. The molecule has 0 bridgehead atoms. The predicted octanol–water partition coefficient (Wildman–Crippen LogP) is 3.44. The summed E-state index contributed by atoms with van der Waals surface area (Å²) in [6.45, 7) is 1.54. The minimum Gasteiger partial charge on any atom is -0.397 e. The van der Waals surface area contributed by atoms with Gasteiger partial charge in [-0.2, -0.15) is 0 Å². The Bertz CT molecular complexity index is 601. The molecule has 6 heteroatoms. The van der Waals surface area contributed by atoms with Gasteiger partial charge in [0.1, 0.15) is 0 Å². The Balaban J connectivity index is 1.80. The standard InChI is InChI=1S/C15H18ClN3OS/c1-19(10-12-3-2-8-21-12)7-6-15(20)18-14-9-11(16)4-5-13(14)17/h2-5,8-9H,6-7,10,17H2,1H3,(H,18,20). The number of amides is 1. The summed E-state index contributed by atoms with van der Waals surface area (Å²) in [5, 5.41) is 5.40. The van der Waals surface area contributed by atoms with Crippen LogP contribution in [0, 0.1) is 0 Å². The molecule has 0 saturated carbocycles. The molecule has 0 spiro atoms. The van der Waals surface area contributed by atoms with Crippen molar-refractivity contribution in [3.63, 3.8) is 0 Å². The molecule has 0 fully saturated rings. The van der Waals surface area contributed by atoms with Crippen LogP contribution in [0.2, 0.25) is 5.02 Å². The van der Waals surface area contributed by atoms with E-state index in [0.29, 0.717) is 29.4 Å². The first-order valence-corrected chi connectivity index (χ1v) is 7.86. The highest BCUT2D eigenvalue weighted by Gasteiger charge is 2.08. The van der Waals surface area contributed by atoms with E-state index < -0.39 is 0 Å². The van der Waals surface area contributed by atoms with Gasteiger partial charge in [0.2, 0.25) is 5.91 Å². The average Bonchev–Trinajstić information content (AvgIpc) is 2.93. The van der Waals surface area contributed by atoms with E-state index in [1.54, 1.807) is 29.5 Å². The first-order chi connectivity index (χ1) is 10.0. The van der Waals surface area contributed by atoms with Gasteiger partial charge in [-0.3, -0.25) is 4.79 Å². The summed E-state index contributed by atoms with van der Waals surface area (Å²) in [7, 11) is 2.00. The number of hydrogen-bond acceptors (Lipinski definition) is 4. The number of nitrogens with two attached hydrogens (primary N) is 1. The SMILES string of the molecule is CN(CCC(=O)Nc1cc(Cl)ccc1N)Cc1cccs1. The average molecular weight is 324 g/mol. The molecule has 1 aromatic heterocycles. The van der Waals surface area contributed by atoms with Crippen molar-refractivity contribution in [3.05, 3.63) is 45.6 Å². The lowest BCUT2D eigenvalue weighted by atomic mass is 10.2. The lowest BCUT2D eigenvalue weighted by Crippen LogP contribution is -2.23. The smallest absolute Gasteiger partial charge is 0.225 e. The predicted molar refractivity (Wildman–Crippen MR) is 89.8 cm³/mol. The van der Waals surface area contributed by atoms with Gasteiger partial charge in [-0.25, -0.2) is 0 Å². The molecule has 0 aliphatic rings. The number of rotatable bonds is 6. The van der Waals surface area contributed by atoms with Crippen LogP contribution in [0.5, 0.6) is 0 Å². The Hall–Kier alpha value is -1.56. The summed E-state index contributed by atoms with van der Waals surface area (Å²) in [4.78, 5) is 15.4. The van der Waals surface area contributed by atoms with Crippen molar-refractivity contribution in [1.29, 1.82) is 0 Å². The number of halogens is 1. The van der Waals surface area contributed by atoms with Gasteiger partial charge >= 0.3 is 0 Å². The molecule has 0 atom stereocenters. The van der Waals surface area contributed by atoms with Crippen molar-refractivity contribution in [2.24, 2.45) is 0 Å². The summed E-state index contributed by atoms with van der Waals surface area (Å²) in [6, 6.07) is 9.16. The highest BCUT2D eigenvalue weighted by Crippen LogP contribution is 2.23.